The van der Waals surface area contributed by atoms with Gasteiger partial charge in [-0.1, -0.05) is 49.6 Å². The summed E-state index contributed by atoms with van der Waals surface area (Å²) in [6.45, 7) is 0. The molecule has 1 aliphatic rings. The van der Waals surface area contributed by atoms with Crippen LogP contribution in [-0.2, 0) is 12.5 Å². The van der Waals surface area contributed by atoms with Crippen molar-refractivity contribution in [2.75, 3.05) is 0 Å². The number of hydrogen-bond acceptors (Lipinski definition) is 3. The van der Waals surface area contributed by atoms with Crippen LogP contribution in [0.25, 0.3) is 0 Å². The van der Waals surface area contributed by atoms with Gasteiger partial charge in [-0.15, -0.1) is 0 Å². The maximum Gasteiger partial charge on any atom is 0.0587 e. The van der Waals surface area contributed by atoms with E-state index in [1.54, 1.807) is 0 Å². The molecular formula is C17H24N4. The van der Waals surface area contributed by atoms with Crippen LogP contribution in [0.5, 0.6) is 0 Å². The van der Waals surface area contributed by atoms with Crippen LogP contribution < -0.4 is 11.3 Å². The van der Waals surface area contributed by atoms with E-state index in [0.29, 0.717) is 0 Å². The molecule has 1 saturated carbocycles. The molecule has 0 spiro atoms. The Kier molecular flexibility index (Phi) is 4.08. The second kappa shape index (κ2) is 6.00. The van der Waals surface area contributed by atoms with Gasteiger partial charge in [0.2, 0.25) is 0 Å². The van der Waals surface area contributed by atoms with Crippen molar-refractivity contribution in [3.05, 3.63) is 53.9 Å². The van der Waals surface area contributed by atoms with Crippen molar-refractivity contribution in [3.63, 3.8) is 0 Å². The summed E-state index contributed by atoms with van der Waals surface area (Å²) in [5.74, 6) is 5.98. The second-order valence-electron chi connectivity index (χ2n) is 6.13. The summed E-state index contributed by atoms with van der Waals surface area (Å²) in [5, 5.41) is 4.33. The summed E-state index contributed by atoms with van der Waals surface area (Å²) < 4.78 is 1.85. The average Bonchev–Trinajstić information content (AvgIpc) is 2.96. The van der Waals surface area contributed by atoms with E-state index in [-0.39, 0.29) is 11.5 Å². The van der Waals surface area contributed by atoms with Crippen molar-refractivity contribution >= 4 is 0 Å². The lowest BCUT2D eigenvalue weighted by Crippen LogP contribution is -2.45. The van der Waals surface area contributed by atoms with Gasteiger partial charge in [0.1, 0.15) is 0 Å². The zero-order valence-corrected chi connectivity index (χ0v) is 12.6. The molecule has 0 amide bonds. The van der Waals surface area contributed by atoms with Crippen molar-refractivity contribution < 1.29 is 0 Å². The largest absolute Gasteiger partial charge is 0.275 e. The highest BCUT2D eigenvalue weighted by Gasteiger charge is 2.42. The predicted molar refractivity (Wildman–Crippen MR) is 84.5 cm³/mol. The quantitative estimate of drug-likeness (QED) is 0.670. The van der Waals surface area contributed by atoms with Gasteiger partial charge in [-0.05, 0) is 18.4 Å². The molecular weight excluding hydrogens is 260 g/mol. The summed E-state index contributed by atoms with van der Waals surface area (Å²) in [4.78, 5) is 0. The summed E-state index contributed by atoms with van der Waals surface area (Å²) in [6, 6.07) is 10.9. The Bertz CT molecular complexity index is 569. The lowest BCUT2D eigenvalue weighted by Gasteiger charge is -2.43. The molecule has 2 aromatic rings. The fraction of sp³-hybridized carbons (Fsp3) is 0.471. The first-order valence-electron chi connectivity index (χ1n) is 7.76. The van der Waals surface area contributed by atoms with Crippen LogP contribution in [-0.4, -0.2) is 9.78 Å². The molecule has 1 unspecified atom stereocenters. The van der Waals surface area contributed by atoms with E-state index < -0.39 is 0 Å². The Morgan fingerprint density at radius 3 is 2.48 bits per heavy atom. The third kappa shape index (κ3) is 2.61. The fourth-order valence-corrected chi connectivity index (χ4v) is 3.86. The lowest BCUT2D eigenvalue weighted by atomic mass is 9.64. The zero-order valence-electron chi connectivity index (χ0n) is 12.6. The van der Waals surface area contributed by atoms with Crippen molar-refractivity contribution in [2.45, 2.75) is 43.6 Å². The van der Waals surface area contributed by atoms with Crippen LogP contribution in [0.2, 0.25) is 0 Å². The Morgan fingerprint density at radius 1 is 1.19 bits per heavy atom. The predicted octanol–water partition coefficient (Wildman–Crippen LogP) is 2.83. The number of aryl methyl sites for hydroxylation is 1. The van der Waals surface area contributed by atoms with E-state index in [1.165, 1.54) is 43.2 Å². The van der Waals surface area contributed by atoms with Gasteiger partial charge in [0.25, 0.3) is 0 Å². The van der Waals surface area contributed by atoms with Gasteiger partial charge in [-0.2, -0.15) is 5.10 Å². The normalized spacial score (nSPS) is 19.3. The Hall–Kier alpha value is -1.65. The van der Waals surface area contributed by atoms with Crippen LogP contribution in [0.3, 0.4) is 0 Å². The van der Waals surface area contributed by atoms with Gasteiger partial charge in [0, 0.05) is 24.2 Å². The van der Waals surface area contributed by atoms with Crippen LogP contribution in [0, 0.1) is 0 Å². The first-order chi connectivity index (χ1) is 10.3. The van der Waals surface area contributed by atoms with E-state index in [0.717, 1.165) is 0 Å². The van der Waals surface area contributed by atoms with Crippen LogP contribution in [0.15, 0.2) is 42.7 Å². The van der Waals surface area contributed by atoms with Crippen LogP contribution in [0.1, 0.15) is 49.3 Å². The lowest BCUT2D eigenvalue weighted by molar-refractivity contribution is 0.214. The van der Waals surface area contributed by atoms with Crippen molar-refractivity contribution in [1.29, 1.82) is 0 Å². The van der Waals surface area contributed by atoms with E-state index in [4.69, 9.17) is 5.84 Å². The molecule has 0 aliphatic heterocycles. The third-order valence-corrected chi connectivity index (χ3v) is 4.87. The maximum absolute atomic E-state index is 5.98. The summed E-state index contributed by atoms with van der Waals surface area (Å²) in [5.41, 5.74) is 5.71. The molecule has 3 N–H and O–H groups in total. The Balaban J connectivity index is 2.05. The molecule has 1 aromatic carbocycles. The molecule has 1 atom stereocenters. The van der Waals surface area contributed by atoms with Crippen LogP contribution >= 0.6 is 0 Å². The van der Waals surface area contributed by atoms with Gasteiger partial charge in [0.05, 0.1) is 12.2 Å². The highest BCUT2D eigenvalue weighted by molar-refractivity contribution is 5.32. The minimum Gasteiger partial charge on any atom is -0.275 e. The van der Waals surface area contributed by atoms with E-state index in [2.05, 4.69) is 47.1 Å². The number of aromatic nitrogens is 2. The SMILES string of the molecule is Cn1cc(C(NN)C2(c3ccccc3)CCCCC2)cn1. The number of nitrogens with two attached hydrogens (primary N) is 1. The number of hydrogen-bond donors (Lipinski definition) is 2. The molecule has 0 bridgehead atoms. The average molecular weight is 284 g/mol. The van der Waals surface area contributed by atoms with Crippen molar-refractivity contribution in [1.82, 2.24) is 15.2 Å². The van der Waals surface area contributed by atoms with Gasteiger partial charge >= 0.3 is 0 Å². The Morgan fingerprint density at radius 2 is 1.90 bits per heavy atom. The topological polar surface area (TPSA) is 55.9 Å². The molecule has 1 aliphatic carbocycles. The molecule has 21 heavy (non-hydrogen) atoms. The smallest absolute Gasteiger partial charge is 0.0587 e. The third-order valence-electron chi connectivity index (χ3n) is 4.87. The van der Waals surface area contributed by atoms with Gasteiger partial charge < -0.3 is 0 Å². The summed E-state index contributed by atoms with van der Waals surface area (Å²) >= 11 is 0. The Labute approximate surface area is 126 Å². The number of rotatable bonds is 4. The molecule has 112 valence electrons. The van der Waals surface area contributed by atoms with Crippen LogP contribution in [0.4, 0.5) is 0 Å². The number of nitrogens with zero attached hydrogens (tertiary/aromatic N) is 2. The van der Waals surface area contributed by atoms with E-state index in [1.807, 2.05) is 17.9 Å². The van der Waals surface area contributed by atoms with Crippen molar-refractivity contribution in [3.8, 4) is 0 Å². The standard InChI is InChI=1S/C17H24N4/c1-21-13-14(12-19-21)16(20-18)17(10-6-3-7-11-17)15-8-4-2-5-9-15/h2,4-5,8-9,12-13,16,20H,3,6-7,10-11,18H2,1H3. The molecule has 0 saturated heterocycles. The highest BCUT2D eigenvalue weighted by Crippen LogP contribution is 2.47. The molecule has 4 nitrogen and oxygen atoms in total. The number of benzene rings is 1. The van der Waals surface area contributed by atoms with Gasteiger partial charge in [-0.25, -0.2) is 0 Å². The minimum atomic E-state index is 0.0668. The molecule has 3 rings (SSSR count). The van der Waals surface area contributed by atoms with Gasteiger partial charge in [0.15, 0.2) is 0 Å². The number of hydrazine groups is 1. The molecule has 1 aromatic heterocycles. The molecule has 4 heteroatoms. The summed E-state index contributed by atoms with van der Waals surface area (Å²) in [7, 11) is 1.95. The molecule has 1 heterocycles. The monoisotopic (exact) mass is 284 g/mol. The van der Waals surface area contributed by atoms with E-state index in [9.17, 15) is 0 Å². The second-order valence-corrected chi connectivity index (χ2v) is 6.13. The minimum absolute atomic E-state index is 0.0668. The summed E-state index contributed by atoms with van der Waals surface area (Å²) in [6.07, 6.45) is 10.2. The fourth-order valence-electron chi connectivity index (χ4n) is 3.86. The van der Waals surface area contributed by atoms with E-state index >= 15 is 0 Å². The maximum atomic E-state index is 5.98. The molecule has 1 fully saturated rings. The zero-order chi connectivity index (χ0) is 14.7. The first kappa shape index (κ1) is 14.3. The number of nitrogens with one attached hydrogen (secondary N) is 1. The van der Waals surface area contributed by atoms with Crippen molar-refractivity contribution in [2.24, 2.45) is 12.9 Å². The highest BCUT2D eigenvalue weighted by atomic mass is 15.3. The first-order valence-corrected chi connectivity index (χ1v) is 7.76. The van der Waals surface area contributed by atoms with Gasteiger partial charge in [-0.3, -0.25) is 16.0 Å². The molecule has 0 radical (unpaired) electrons.